The number of nitrogens with zero attached hydrogens (tertiary/aromatic N) is 1. The van der Waals surface area contributed by atoms with Crippen LogP contribution in [0.1, 0.15) is 44.0 Å². The molecule has 1 rings (SSSR count). The van der Waals surface area contributed by atoms with E-state index in [0.29, 0.717) is 11.5 Å². The summed E-state index contributed by atoms with van der Waals surface area (Å²) >= 11 is 0. The Morgan fingerprint density at radius 1 is 1.53 bits per heavy atom. The lowest BCUT2D eigenvalue weighted by atomic mass is 10.0. The van der Waals surface area contributed by atoms with E-state index in [9.17, 15) is 9.18 Å². The van der Waals surface area contributed by atoms with Gasteiger partial charge in [-0.05, 0) is 25.3 Å². The minimum absolute atomic E-state index is 0.0914. The second-order valence-electron chi connectivity index (χ2n) is 4.49. The van der Waals surface area contributed by atoms with Crippen LogP contribution < -0.4 is 5.32 Å². The van der Waals surface area contributed by atoms with Crippen molar-refractivity contribution in [3.63, 3.8) is 0 Å². The zero-order valence-electron chi connectivity index (χ0n) is 10.5. The zero-order valence-corrected chi connectivity index (χ0v) is 10.5. The molecule has 0 aliphatic rings. The van der Waals surface area contributed by atoms with Crippen LogP contribution in [0.5, 0.6) is 0 Å². The number of nitrogens with one attached hydrogen (secondary N) is 1. The van der Waals surface area contributed by atoms with Crippen LogP contribution in [0.4, 0.5) is 4.39 Å². The number of hydrogen-bond acceptors (Lipinski definition) is 2. The predicted molar refractivity (Wildman–Crippen MR) is 65.2 cm³/mol. The summed E-state index contributed by atoms with van der Waals surface area (Å²) in [5, 5.41) is 2.86. The zero-order chi connectivity index (χ0) is 12.8. The van der Waals surface area contributed by atoms with E-state index in [1.807, 2.05) is 6.92 Å². The minimum atomic E-state index is -0.632. The van der Waals surface area contributed by atoms with Gasteiger partial charge in [-0.1, -0.05) is 20.3 Å². The number of halogens is 1. The maximum absolute atomic E-state index is 12.8. The van der Waals surface area contributed by atoms with E-state index in [1.54, 1.807) is 0 Å². The van der Waals surface area contributed by atoms with Gasteiger partial charge in [-0.2, -0.15) is 4.39 Å². The Hall–Kier alpha value is -1.45. The molecule has 0 saturated carbocycles. The standard InChI is InChI=1S/C13H19FN2O/c1-4-9(2)7-10(3)16-13(17)11-5-6-15-12(14)8-11/h5-6,8-10H,4,7H2,1-3H3,(H,16,17). The average Bonchev–Trinajstić information content (AvgIpc) is 2.28. The second kappa shape index (κ2) is 6.33. The maximum Gasteiger partial charge on any atom is 0.251 e. The lowest BCUT2D eigenvalue weighted by Crippen LogP contribution is -2.33. The van der Waals surface area contributed by atoms with Gasteiger partial charge >= 0.3 is 0 Å². The quantitative estimate of drug-likeness (QED) is 0.801. The van der Waals surface area contributed by atoms with Crippen LogP contribution in [0.3, 0.4) is 0 Å². The average molecular weight is 238 g/mol. The number of rotatable bonds is 5. The highest BCUT2D eigenvalue weighted by Gasteiger charge is 2.12. The summed E-state index contributed by atoms with van der Waals surface area (Å²) in [7, 11) is 0. The molecule has 1 aromatic heterocycles. The second-order valence-corrected chi connectivity index (χ2v) is 4.49. The molecule has 0 spiro atoms. The predicted octanol–water partition coefficient (Wildman–Crippen LogP) is 2.78. The summed E-state index contributed by atoms with van der Waals surface area (Å²) in [5.41, 5.74) is 0.313. The third-order valence-corrected chi connectivity index (χ3v) is 2.82. The Morgan fingerprint density at radius 2 is 2.24 bits per heavy atom. The first-order chi connectivity index (χ1) is 8.02. The van der Waals surface area contributed by atoms with Crippen LogP contribution in [0.2, 0.25) is 0 Å². The summed E-state index contributed by atoms with van der Waals surface area (Å²) in [4.78, 5) is 15.2. The fraction of sp³-hybridized carbons (Fsp3) is 0.538. The van der Waals surface area contributed by atoms with Crippen molar-refractivity contribution in [3.8, 4) is 0 Å². The van der Waals surface area contributed by atoms with Gasteiger partial charge in [0, 0.05) is 23.9 Å². The first-order valence-electron chi connectivity index (χ1n) is 5.95. The van der Waals surface area contributed by atoms with Crippen molar-refractivity contribution in [2.75, 3.05) is 0 Å². The first kappa shape index (κ1) is 13.6. The summed E-state index contributed by atoms with van der Waals surface area (Å²) in [5.74, 6) is -0.311. The molecule has 17 heavy (non-hydrogen) atoms. The van der Waals surface area contributed by atoms with Gasteiger partial charge in [-0.3, -0.25) is 4.79 Å². The Labute approximate surface area is 101 Å². The highest BCUT2D eigenvalue weighted by Crippen LogP contribution is 2.10. The van der Waals surface area contributed by atoms with E-state index in [0.717, 1.165) is 18.9 Å². The van der Waals surface area contributed by atoms with E-state index < -0.39 is 5.95 Å². The van der Waals surface area contributed by atoms with Crippen molar-refractivity contribution < 1.29 is 9.18 Å². The molecule has 0 bridgehead atoms. The SMILES string of the molecule is CCC(C)CC(C)NC(=O)c1ccnc(F)c1. The third-order valence-electron chi connectivity index (χ3n) is 2.82. The molecular formula is C13H19FN2O. The summed E-state index contributed by atoms with van der Waals surface area (Å²) in [6.45, 7) is 6.23. The number of carbonyl (C=O) groups excluding carboxylic acids is 1. The van der Waals surface area contributed by atoms with Gasteiger partial charge in [-0.15, -0.1) is 0 Å². The van der Waals surface area contributed by atoms with Crippen molar-refractivity contribution >= 4 is 5.91 Å². The number of pyridine rings is 1. The Morgan fingerprint density at radius 3 is 2.82 bits per heavy atom. The van der Waals surface area contributed by atoms with Gasteiger partial charge in [0.2, 0.25) is 5.95 Å². The van der Waals surface area contributed by atoms with Gasteiger partial charge in [-0.25, -0.2) is 4.98 Å². The van der Waals surface area contributed by atoms with E-state index in [1.165, 1.54) is 12.3 Å². The van der Waals surface area contributed by atoms with E-state index >= 15 is 0 Å². The van der Waals surface area contributed by atoms with Crippen LogP contribution >= 0.6 is 0 Å². The van der Waals surface area contributed by atoms with Gasteiger partial charge in [0.05, 0.1) is 0 Å². The first-order valence-corrected chi connectivity index (χ1v) is 5.95. The molecule has 0 radical (unpaired) electrons. The molecule has 1 aromatic rings. The highest BCUT2D eigenvalue weighted by molar-refractivity contribution is 5.94. The Bertz CT molecular complexity index is 381. The van der Waals surface area contributed by atoms with Crippen molar-refractivity contribution in [3.05, 3.63) is 29.8 Å². The Balaban J connectivity index is 2.54. The fourth-order valence-corrected chi connectivity index (χ4v) is 1.68. The van der Waals surface area contributed by atoms with Gasteiger partial charge in [0.15, 0.2) is 0 Å². The molecule has 0 aliphatic heterocycles. The minimum Gasteiger partial charge on any atom is -0.350 e. The van der Waals surface area contributed by atoms with Crippen LogP contribution in [-0.2, 0) is 0 Å². The third kappa shape index (κ3) is 4.51. The van der Waals surface area contributed by atoms with Gasteiger partial charge < -0.3 is 5.32 Å². The molecule has 2 atom stereocenters. The molecule has 2 unspecified atom stereocenters. The lowest BCUT2D eigenvalue weighted by molar-refractivity contribution is 0.0934. The number of aromatic nitrogens is 1. The number of hydrogen-bond donors (Lipinski definition) is 1. The van der Waals surface area contributed by atoms with E-state index in [2.05, 4.69) is 24.1 Å². The monoisotopic (exact) mass is 238 g/mol. The maximum atomic E-state index is 12.8. The highest BCUT2D eigenvalue weighted by atomic mass is 19.1. The topological polar surface area (TPSA) is 42.0 Å². The molecular weight excluding hydrogens is 219 g/mol. The lowest BCUT2D eigenvalue weighted by Gasteiger charge is -2.17. The molecule has 1 N–H and O–H groups in total. The Kier molecular flexibility index (Phi) is 5.07. The molecule has 0 saturated heterocycles. The van der Waals surface area contributed by atoms with E-state index in [-0.39, 0.29) is 11.9 Å². The van der Waals surface area contributed by atoms with Gasteiger partial charge in [0.25, 0.3) is 5.91 Å². The number of carbonyl (C=O) groups is 1. The van der Waals surface area contributed by atoms with Crippen molar-refractivity contribution in [1.82, 2.24) is 10.3 Å². The van der Waals surface area contributed by atoms with Crippen LogP contribution in [0.15, 0.2) is 18.3 Å². The summed E-state index contributed by atoms with van der Waals surface area (Å²) in [6, 6.07) is 2.74. The van der Waals surface area contributed by atoms with Crippen molar-refractivity contribution in [1.29, 1.82) is 0 Å². The van der Waals surface area contributed by atoms with Crippen LogP contribution in [0.25, 0.3) is 0 Å². The normalized spacial score (nSPS) is 14.1. The number of amides is 1. The van der Waals surface area contributed by atoms with Gasteiger partial charge in [0.1, 0.15) is 0 Å². The molecule has 94 valence electrons. The smallest absolute Gasteiger partial charge is 0.251 e. The van der Waals surface area contributed by atoms with Crippen LogP contribution in [-0.4, -0.2) is 16.9 Å². The van der Waals surface area contributed by atoms with E-state index in [4.69, 9.17) is 0 Å². The summed E-state index contributed by atoms with van der Waals surface area (Å²) < 4.78 is 12.8. The van der Waals surface area contributed by atoms with Crippen molar-refractivity contribution in [2.24, 2.45) is 5.92 Å². The summed E-state index contributed by atoms with van der Waals surface area (Å²) in [6.07, 6.45) is 3.31. The molecule has 4 heteroatoms. The molecule has 0 aromatic carbocycles. The van der Waals surface area contributed by atoms with Crippen molar-refractivity contribution in [2.45, 2.75) is 39.7 Å². The molecule has 0 aliphatic carbocycles. The van der Waals surface area contributed by atoms with Crippen LogP contribution in [0, 0.1) is 11.9 Å². The molecule has 0 fully saturated rings. The molecule has 3 nitrogen and oxygen atoms in total. The molecule has 1 heterocycles. The molecule has 1 amide bonds. The fourth-order valence-electron chi connectivity index (χ4n) is 1.68. The largest absolute Gasteiger partial charge is 0.350 e.